The smallest absolute Gasteiger partial charge is 0.305 e. The number of carboxylic acid groups (broad SMARTS) is 1. The molecule has 1 saturated heterocycles. The lowest BCUT2D eigenvalue weighted by Gasteiger charge is -2.37. The molecule has 3 rings (SSSR count). The van der Waals surface area contributed by atoms with Crippen LogP contribution in [0.5, 0.6) is 0 Å². The van der Waals surface area contributed by atoms with Gasteiger partial charge >= 0.3 is 5.97 Å². The highest BCUT2D eigenvalue weighted by atomic mass is 16.5. The van der Waals surface area contributed by atoms with E-state index in [0.29, 0.717) is 37.9 Å². The van der Waals surface area contributed by atoms with Crippen molar-refractivity contribution >= 4 is 11.9 Å². The number of carbonyl (C=O) groups excluding carboxylic acids is 1. The molecule has 3 aliphatic rings. The zero-order valence-corrected chi connectivity index (χ0v) is 11.8. The molecule has 0 bridgehead atoms. The number of ether oxygens (including phenoxy) is 1. The third-order valence-electron chi connectivity index (χ3n) is 5.29. The Morgan fingerprint density at radius 2 is 1.75 bits per heavy atom. The molecule has 2 aliphatic carbocycles. The van der Waals surface area contributed by atoms with Crippen LogP contribution in [0.3, 0.4) is 0 Å². The SMILES string of the molecule is O=C(O)CC1(NC(=O)C2C3CCCCC32)CCOCC1. The first-order chi connectivity index (χ1) is 9.61. The van der Waals surface area contributed by atoms with E-state index in [4.69, 9.17) is 9.84 Å². The standard InChI is InChI=1S/C15H23NO4/c17-12(18)9-15(5-7-20-8-6-15)16-14(19)13-10-3-1-2-4-11(10)13/h10-11,13H,1-9H2,(H,16,19)(H,17,18). The van der Waals surface area contributed by atoms with Gasteiger partial charge in [-0.15, -0.1) is 0 Å². The van der Waals surface area contributed by atoms with E-state index in [0.717, 1.165) is 12.8 Å². The van der Waals surface area contributed by atoms with Crippen molar-refractivity contribution in [3.8, 4) is 0 Å². The van der Waals surface area contributed by atoms with Crippen molar-refractivity contribution in [2.45, 2.75) is 50.5 Å². The molecule has 20 heavy (non-hydrogen) atoms. The minimum Gasteiger partial charge on any atom is -0.481 e. The van der Waals surface area contributed by atoms with Crippen molar-refractivity contribution in [3.05, 3.63) is 0 Å². The van der Waals surface area contributed by atoms with E-state index in [1.807, 2.05) is 0 Å². The molecule has 0 aromatic rings. The normalized spacial score (nSPS) is 34.9. The Kier molecular flexibility index (Phi) is 3.71. The van der Waals surface area contributed by atoms with Gasteiger partial charge in [0.1, 0.15) is 0 Å². The highest BCUT2D eigenvalue weighted by Crippen LogP contribution is 2.55. The van der Waals surface area contributed by atoms with Gasteiger partial charge in [0.15, 0.2) is 0 Å². The van der Waals surface area contributed by atoms with Gasteiger partial charge < -0.3 is 15.2 Å². The van der Waals surface area contributed by atoms with E-state index in [2.05, 4.69) is 5.32 Å². The summed E-state index contributed by atoms with van der Waals surface area (Å²) < 4.78 is 5.31. The molecule has 0 spiro atoms. The topological polar surface area (TPSA) is 75.6 Å². The minimum absolute atomic E-state index is 0.00412. The van der Waals surface area contributed by atoms with E-state index in [9.17, 15) is 9.59 Å². The lowest BCUT2D eigenvalue weighted by Crippen LogP contribution is -2.53. The Bertz CT molecular complexity index is 391. The molecule has 3 fully saturated rings. The van der Waals surface area contributed by atoms with E-state index in [1.54, 1.807) is 0 Å². The molecule has 5 heteroatoms. The van der Waals surface area contributed by atoms with Gasteiger partial charge in [0.2, 0.25) is 5.91 Å². The third kappa shape index (κ3) is 2.68. The van der Waals surface area contributed by atoms with Crippen LogP contribution in [0.4, 0.5) is 0 Å². The second kappa shape index (κ2) is 5.35. The largest absolute Gasteiger partial charge is 0.481 e. The fraction of sp³-hybridized carbons (Fsp3) is 0.867. The average Bonchev–Trinajstić information content (AvgIpc) is 3.12. The summed E-state index contributed by atoms with van der Waals surface area (Å²) in [6, 6.07) is 0. The van der Waals surface area contributed by atoms with Gasteiger partial charge in [-0.3, -0.25) is 9.59 Å². The lowest BCUT2D eigenvalue weighted by atomic mass is 9.86. The van der Waals surface area contributed by atoms with E-state index >= 15 is 0 Å². The third-order valence-corrected chi connectivity index (χ3v) is 5.29. The first-order valence-electron chi connectivity index (χ1n) is 7.73. The summed E-state index contributed by atoms with van der Waals surface area (Å²) in [5.74, 6) is 0.507. The maximum absolute atomic E-state index is 12.5. The number of rotatable bonds is 4. The first-order valence-corrected chi connectivity index (χ1v) is 7.73. The van der Waals surface area contributed by atoms with Crippen LogP contribution in [0.1, 0.15) is 44.9 Å². The molecule has 2 N–H and O–H groups in total. The summed E-state index contributed by atoms with van der Waals surface area (Å²) >= 11 is 0. The first kappa shape index (κ1) is 13.9. The van der Waals surface area contributed by atoms with E-state index in [-0.39, 0.29) is 18.2 Å². The highest BCUT2D eigenvalue weighted by molar-refractivity contribution is 5.83. The summed E-state index contributed by atoms with van der Waals surface area (Å²) in [6.07, 6.45) is 6.01. The zero-order valence-electron chi connectivity index (χ0n) is 11.8. The minimum atomic E-state index is -0.847. The number of hydrogen-bond donors (Lipinski definition) is 2. The average molecular weight is 281 g/mol. The second-order valence-corrected chi connectivity index (χ2v) is 6.59. The van der Waals surface area contributed by atoms with Crippen LogP contribution >= 0.6 is 0 Å². The molecule has 0 radical (unpaired) electrons. The van der Waals surface area contributed by atoms with E-state index in [1.165, 1.54) is 12.8 Å². The van der Waals surface area contributed by atoms with Crippen molar-refractivity contribution < 1.29 is 19.4 Å². The molecule has 2 unspecified atom stereocenters. The van der Waals surface area contributed by atoms with Crippen LogP contribution in [0.15, 0.2) is 0 Å². The van der Waals surface area contributed by atoms with Gasteiger partial charge in [-0.05, 0) is 37.5 Å². The monoisotopic (exact) mass is 281 g/mol. The van der Waals surface area contributed by atoms with Crippen LogP contribution in [0.2, 0.25) is 0 Å². The van der Waals surface area contributed by atoms with Crippen LogP contribution in [0, 0.1) is 17.8 Å². The molecule has 112 valence electrons. The van der Waals surface area contributed by atoms with Gasteiger partial charge in [-0.25, -0.2) is 0 Å². The van der Waals surface area contributed by atoms with Crippen molar-refractivity contribution in [2.24, 2.45) is 17.8 Å². The van der Waals surface area contributed by atoms with Gasteiger partial charge in [-0.2, -0.15) is 0 Å². The van der Waals surface area contributed by atoms with Crippen LogP contribution in [-0.2, 0) is 14.3 Å². The maximum atomic E-state index is 12.5. The number of carbonyl (C=O) groups is 2. The van der Waals surface area contributed by atoms with Crippen molar-refractivity contribution in [2.75, 3.05) is 13.2 Å². The highest BCUT2D eigenvalue weighted by Gasteiger charge is 2.55. The predicted molar refractivity (Wildman–Crippen MR) is 72.1 cm³/mol. The van der Waals surface area contributed by atoms with Crippen molar-refractivity contribution in [3.63, 3.8) is 0 Å². The molecule has 2 saturated carbocycles. The van der Waals surface area contributed by atoms with E-state index < -0.39 is 11.5 Å². The van der Waals surface area contributed by atoms with Gasteiger partial charge in [-0.1, -0.05) is 12.8 Å². The van der Waals surface area contributed by atoms with Gasteiger partial charge in [0.05, 0.1) is 12.0 Å². The molecule has 2 atom stereocenters. The summed E-state index contributed by atoms with van der Waals surface area (Å²) in [4.78, 5) is 23.6. The maximum Gasteiger partial charge on any atom is 0.305 e. The molecule has 0 aromatic carbocycles. The molecular formula is C15H23NO4. The number of carboxylic acids is 1. The molecular weight excluding hydrogens is 258 g/mol. The molecule has 1 amide bonds. The Morgan fingerprint density at radius 3 is 2.30 bits per heavy atom. The number of hydrogen-bond acceptors (Lipinski definition) is 3. The number of nitrogens with one attached hydrogen (secondary N) is 1. The summed E-state index contributed by atoms with van der Waals surface area (Å²) in [6.45, 7) is 1.07. The van der Waals surface area contributed by atoms with Crippen LogP contribution < -0.4 is 5.32 Å². The van der Waals surface area contributed by atoms with Crippen molar-refractivity contribution in [1.82, 2.24) is 5.32 Å². The zero-order chi connectivity index (χ0) is 14.2. The molecule has 1 aliphatic heterocycles. The number of aliphatic carboxylic acids is 1. The van der Waals surface area contributed by atoms with Crippen LogP contribution in [0.25, 0.3) is 0 Å². The lowest BCUT2D eigenvalue weighted by molar-refractivity contribution is -0.140. The van der Waals surface area contributed by atoms with Crippen molar-refractivity contribution in [1.29, 1.82) is 0 Å². The predicted octanol–water partition coefficient (Wildman–Crippen LogP) is 1.56. The Balaban J connectivity index is 1.64. The van der Waals surface area contributed by atoms with Crippen LogP contribution in [-0.4, -0.2) is 35.7 Å². The Labute approximate surface area is 119 Å². The summed E-state index contributed by atoms with van der Waals surface area (Å²) in [5, 5.41) is 12.2. The number of fused-ring (bicyclic) bond motifs is 1. The fourth-order valence-electron chi connectivity index (χ4n) is 4.12. The fourth-order valence-corrected chi connectivity index (χ4v) is 4.12. The molecule has 5 nitrogen and oxygen atoms in total. The summed E-state index contributed by atoms with van der Waals surface area (Å²) in [7, 11) is 0. The summed E-state index contributed by atoms with van der Waals surface area (Å²) in [5.41, 5.74) is -0.590. The Morgan fingerprint density at radius 1 is 1.15 bits per heavy atom. The molecule has 1 heterocycles. The number of amides is 1. The Hall–Kier alpha value is -1.10. The second-order valence-electron chi connectivity index (χ2n) is 6.59. The van der Waals surface area contributed by atoms with Gasteiger partial charge in [0, 0.05) is 19.1 Å². The van der Waals surface area contributed by atoms with Gasteiger partial charge in [0.25, 0.3) is 0 Å². The molecule has 0 aromatic heterocycles. The quantitative estimate of drug-likeness (QED) is 0.820.